The maximum absolute atomic E-state index is 3.49. The van der Waals surface area contributed by atoms with Crippen molar-refractivity contribution in [1.29, 1.82) is 0 Å². The first kappa shape index (κ1) is 12.0. The average Bonchev–Trinajstić information content (AvgIpc) is 2.68. The Morgan fingerprint density at radius 2 is 2.19 bits per heavy atom. The molecule has 1 aromatic rings. The Balaban J connectivity index is 1.80. The van der Waals surface area contributed by atoms with Crippen LogP contribution in [-0.4, -0.2) is 18.3 Å². The van der Waals surface area contributed by atoms with Crippen LogP contribution in [0.1, 0.15) is 38.2 Å². The standard InChI is InChI=1S/C14H21NS/c1-11(2)15-9-5-6-12-10-16-14-8-4-3-7-13(12)14/h3-4,7-8,11-12,15H,5-6,9-10H2,1-2H3. The van der Waals surface area contributed by atoms with Gasteiger partial charge in [0.15, 0.2) is 0 Å². The van der Waals surface area contributed by atoms with E-state index < -0.39 is 0 Å². The molecule has 0 aliphatic carbocycles. The third-order valence-electron chi connectivity index (χ3n) is 3.08. The van der Waals surface area contributed by atoms with Gasteiger partial charge < -0.3 is 5.32 Å². The minimum Gasteiger partial charge on any atom is -0.315 e. The monoisotopic (exact) mass is 235 g/mol. The van der Waals surface area contributed by atoms with Crippen molar-refractivity contribution < 1.29 is 0 Å². The molecule has 0 amide bonds. The zero-order chi connectivity index (χ0) is 11.4. The van der Waals surface area contributed by atoms with Gasteiger partial charge in [0.25, 0.3) is 0 Å². The van der Waals surface area contributed by atoms with Gasteiger partial charge in [-0.05, 0) is 36.9 Å². The van der Waals surface area contributed by atoms with E-state index in [1.54, 1.807) is 5.56 Å². The van der Waals surface area contributed by atoms with Crippen molar-refractivity contribution in [2.45, 2.75) is 43.5 Å². The molecule has 0 radical (unpaired) electrons. The largest absolute Gasteiger partial charge is 0.315 e. The van der Waals surface area contributed by atoms with Crippen molar-refractivity contribution >= 4 is 11.8 Å². The first-order valence-corrected chi connectivity index (χ1v) is 7.21. The summed E-state index contributed by atoms with van der Waals surface area (Å²) in [6, 6.07) is 9.49. The second-order valence-corrected chi connectivity index (χ2v) is 5.86. The van der Waals surface area contributed by atoms with E-state index in [0.717, 1.165) is 12.5 Å². The van der Waals surface area contributed by atoms with Crippen LogP contribution >= 0.6 is 11.8 Å². The minimum absolute atomic E-state index is 0.616. The number of thioether (sulfide) groups is 1. The van der Waals surface area contributed by atoms with Crippen LogP contribution in [0.2, 0.25) is 0 Å². The van der Waals surface area contributed by atoms with E-state index >= 15 is 0 Å². The fourth-order valence-electron chi connectivity index (χ4n) is 2.21. The van der Waals surface area contributed by atoms with Gasteiger partial charge in [-0.25, -0.2) is 0 Å². The van der Waals surface area contributed by atoms with E-state index in [9.17, 15) is 0 Å². The van der Waals surface area contributed by atoms with Crippen molar-refractivity contribution in [3.8, 4) is 0 Å². The van der Waals surface area contributed by atoms with Crippen LogP contribution in [0.5, 0.6) is 0 Å². The average molecular weight is 235 g/mol. The van der Waals surface area contributed by atoms with Crippen LogP contribution in [0.4, 0.5) is 0 Å². The highest BCUT2D eigenvalue weighted by Gasteiger charge is 2.21. The summed E-state index contributed by atoms with van der Waals surface area (Å²) in [7, 11) is 0. The molecule has 1 N–H and O–H groups in total. The molecule has 1 atom stereocenters. The highest BCUT2D eigenvalue weighted by Crippen LogP contribution is 2.41. The zero-order valence-corrected chi connectivity index (χ0v) is 11.0. The Labute approximate surface area is 103 Å². The van der Waals surface area contributed by atoms with Crippen LogP contribution in [0.15, 0.2) is 29.2 Å². The quantitative estimate of drug-likeness (QED) is 0.782. The summed E-state index contributed by atoms with van der Waals surface area (Å²) in [5.41, 5.74) is 1.58. The van der Waals surface area contributed by atoms with Crippen LogP contribution in [-0.2, 0) is 0 Å². The minimum atomic E-state index is 0.616. The number of hydrogen-bond acceptors (Lipinski definition) is 2. The lowest BCUT2D eigenvalue weighted by molar-refractivity contribution is 0.538. The molecule has 16 heavy (non-hydrogen) atoms. The second-order valence-electron chi connectivity index (χ2n) is 4.80. The summed E-state index contributed by atoms with van der Waals surface area (Å²) < 4.78 is 0. The normalized spacial score (nSPS) is 19.1. The van der Waals surface area contributed by atoms with Crippen LogP contribution in [0, 0.1) is 0 Å². The summed E-state index contributed by atoms with van der Waals surface area (Å²) in [4.78, 5) is 1.50. The van der Waals surface area contributed by atoms with Crippen LogP contribution in [0.3, 0.4) is 0 Å². The molecule has 2 heteroatoms. The van der Waals surface area contributed by atoms with E-state index in [0.29, 0.717) is 6.04 Å². The summed E-state index contributed by atoms with van der Waals surface area (Å²) in [6.45, 7) is 5.57. The van der Waals surface area contributed by atoms with E-state index in [1.807, 2.05) is 11.8 Å². The molecule has 88 valence electrons. The number of hydrogen-bond donors (Lipinski definition) is 1. The molecule has 1 aliphatic rings. The van der Waals surface area contributed by atoms with E-state index in [1.165, 1.54) is 23.5 Å². The van der Waals surface area contributed by atoms with Gasteiger partial charge in [-0.3, -0.25) is 0 Å². The van der Waals surface area contributed by atoms with Crippen molar-refractivity contribution in [3.05, 3.63) is 29.8 Å². The van der Waals surface area contributed by atoms with Gasteiger partial charge in [0.2, 0.25) is 0 Å². The highest BCUT2D eigenvalue weighted by atomic mass is 32.2. The van der Waals surface area contributed by atoms with Gasteiger partial charge in [0.1, 0.15) is 0 Å². The summed E-state index contributed by atoms with van der Waals surface area (Å²) >= 11 is 2.02. The summed E-state index contributed by atoms with van der Waals surface area (Å²) in [5.74, 6) is 2.07. The first-order chi connectivity index (χ1) is 7.77. The summed E-state index contributed by atoms with van der Waals surface area (Å²) in [5, 5.41) is 3.49. The number of nitrogens with one attached hydrogen (secondary N) is 1. The van der Waals surface area contributed by atoms with Gasteiger partial charge in [-0.1, -0.05) is 32.0 Å². The number of rotatable bonds is 5. The van der Waals surface area contributed by atoms with E-state index in [2.05, 4.69) is 43.4 Å². The van der Waals surface area contributed by atoms with Gasteiger partial charge >= 0.3 is 0 Å². The lowest BCUT2D eigenvalue weighted by Crippen LogP contribution is -2.23. The van der Waals surface area contributed by atoms with E-state index in [-0.39, 0.29) is 0 Å². The molecule has 0 spiro atoms. The Bertz CT molecular complexity index is 335. The third kappa shape index (κ3) is 3.02. The van der Waals surface area contributed by atoms with Gasteiger partial charge in [0, 0.05) is 16.7 Å². The lowest BCUT2D eigenvalue weighted by atomic mass is 9.96. The Morgan fingerprint density at radius 3 is 3.00 bits per heavy atom. The molecule has 1 aromatic carbocycles. The summed E-state index contributed by atoms with van der Waals surface area (Å²) in [6.07, 6.45) is 2.61. The predicted molar refractivity (Wildman–Crippen MR) is 72.3 cm³/mol. The van der Waals surface area contributed by atoms with E-state index in [4.69, 9.17) is 0 Å². The molecule has 0 aromatic heterocycles. The molecule has 1 unspecified atom stereocenters. The van der Waals surface area contributed by atoms with Gasteiger partial charge in [-0.15, -0.1) is 11.8 Å². The number of benzene rings is 1. The Morgan fingerprint density at radius 1 is 1.38 bits per heavy atom. The van der Waals surface area contributed by atoms with Crippen molar-refractivity contribution in [3.63, 3.8) is 0 Å². The molecule has 1 aliphatic heterocycles. The maximum Gasteiger partial charge on any atom is 0.0107 e. The smallest absolute Gasteiger partial charge is 0.0107 e. The Hall–Kier alpha value is -0.470. The molecule has 0 saturated heterocycles. The Kier molecular flexibility index (Phi) is 4.30. The topological polar surface area (TPSA) is 12.0 Å². The lowest BCUT2D eigenvalue weighted by Gasteiger charge is -2.12. The molecule has 0 bridgehead atoms. The van der Waals surface area contributed by atoms with Gasteiger partial charge in [0.05, 0.1) is 0 Å². The fourth-order valence-corrected chi connectivity index (χ4v) is 3.51. The fraction of sp³-hybridized carbons (Fsp3) is 0.571. The molecular weight excluding hydrogens is 214 g/mol. The van der Waals surface area contributed by atoms with Crippen LogP contribution < -0.4 is 5.32 Å². The third-order valence-corrected chi connectivity index (χ3v) is 4.33. The maximum atomic E-state index is 3.49. The van der Waals surface area contributed by atoms with Crippen molar-refractivity contribution in [2.75, 3.05) is 12.3 Å². The molecular formula is C14H21NS. The highest BCUT2D eigenvalue weighted by molar-refractivity contribution is 7.99. The molecule has 0 saturated carbocycles. The van der Waals surface area contributed by atoms with Crippen molar-refractivity contribution in [2.24, 2.45) is 0 Å². The zero-order valence-electron chi connectivity index (χ0n) is 10.2. The molecule has 2 rings (SSSR count). The van der Waals surface area contributed by atoms with Crippen molar-refractivity contribution in [1.82, 2.24) is 5.32 Å². The second kappa shape index (κ2) is 5.74. The SMILES string of the molecule is CC(C)NCCCC1CSc2ccccc21. The number of fused-ring (bicyclic) bond motifs is 1. The predicted octanol–water partition coefficient (Wildman–Crippen LogP) is 3.65. The van der Waals surface area contributed by atoms with Gasteiger partial charge in [-0.2, -0.15) is 0 Å². The van der Waals surface area contributed by atoms with Crippen LogP contribution in [0.25, 0.3) is 0 Å². The molecule has 1 nitrogen and oxygen atoms in total. The molecule has 1 heterocycles. The molecule has 0 fully saturated rings. The first-order valence-electron chi connectivity index (χ1n) is 6.22.